The van der Waals surface area contributed by atoms with Gasteiger partial charge in [0.05, 0.1) is 11.5 Å². The maximum absolute atomic E-state index is 11.7. The zero-order valence-electron chi connectivity index (χ0n) is 17.7. The van der Waals surface area contributed by atoms with Crippen LogP contribution in [0.3, 0.4) is 0 Å². The summed E-state index contributed by atoms with van der Waals surface area (Å²) in [5.41, 5.74) is 0.722. The second kappa shape index (κ2) is 9.15. The third kappa shape index (κ3) is 5.72. The van der Waals surface area contributed by atoms with Gasteiger partial charge in [0.2, 0.25) is 5.89 Å². The fourth-order valence-electron chi connectivity index (χ4n) is 3.70. The van der Waals surface area contributed by atoms with Gasteiger partial charge in [-0.05, 0) is 67.4 Å². The van der Waals surface area contributed by atoms with Crippen LogP contribution in [0.4, 0.5) is 5.95 Å². The SMILES string of the molecule is Cc1cc(OCCCC2CCN(c3noc(C(C)C)n3)CC2)ccc1S(C)(=O)=O. The first-order valence-electron chi connectivity index (χ1n) is 10.3. The van der Waals surface area contributed by atoms with E-state index in [9.17, 15) is 8.42 Å². The molecule has 3 rings (SSSR count). The van der Waals surface area contributed by atoms with Crippen LogP contribution in [0.1, 0.15) is 56.9 Å². The van der Waals surface area contributed by atoms with E-state index in [4.69, 9.17) is 9.26 Å². The Labute approximate surface area is 173 Å². The molecular formula is C21H31N3O4S. The van der Waals surface area contributed by atoms with E-state index in [0.717, 1.165) is 50.1 Å². The van der Waals surface area contributed by atoms with Gasteiger partial charge in [0, 0.05) is 25.3 Å². The van der Waals surface area contributed by atoms with Gasteiger partial charge in [-0.15, -0.1) is 0 Å². The van der Waals surface area contributed by atoms with E-state index in [0.29, 0.717) is 29.3 Å². The van der Waals surface area contributed by atoms with Gasteiger partial charge in [-0.3, -0.25) is 0 Å². The summed E-state index contributed by atoms with van der Waals surface area (Å²) in [5.74, 6) is 3.06. The van der Waals surface area contributed by atoms with Crippen LogP contribution in [0.2, 0.25) is 0 Å². The third-order valence-electron chi connectivity index (χ3n) is 5.39. The molecule has 2 aromatic rings. The number of piperidine rings is 1. The number of aryl methyl sites for hydroxylation is 1. The van der Waals surface area contributed by atoms with Gasteiger partial charge in [0.25, 0.3) is 5.95 Å². The molecule has 0 N–H and O–H groups in total. The van der Waals surface area contributed by atoms with Crippen LogP contribution in [-0.4, -0.2) is 44.5 Å². The van der Waals surface area contributed by atoms with E-state index in [1.807, 2.05) is 13.8 Å². The molecule has 1 saturated heterocycles. The zero-order chi connectivity index (χ0) is 21.0. The van der Waals surface area contributed by atoms with Crippen LogP contribution in [0.5, 0.6) is 5.75 Å². The molecule has 0 amide bonds. The summed E-state index contributed by atoms with van der Waals surface area (Å²) in [6.07, 6.45) is 5.57. The molecule has 0 saturated carbocycles. The molecule has 0 spiro atoms. The summed E-state index contributed by atoms with van der Waals surface area (Å²) in [6.45, 7) is 8.44. The van der Waals surface area contributed by atoms with Crippen molar-refractivity contribution in [3.05, 3.63) is 29.7 Å². The molecule has 29 heavy (non-hydrogen) atoms. The maximum Gasteiger partial charge on any atom is 0.266 e. The lowest BCUT2D eigenvalue weighted by atomic mass is 9.92. The Kier molecular flexibility index (Phi) is 6.82. The lowest BCUT2D eigenvalue weighted by Gasteiger charge is -2.30. The normalized spacial score (nSPS) is 15.8. The fourth-order valence-corrected chi connectivity index (χ4v) is 4.66. The summed E-state index contributed by atoms with van der Waals surface area (Å²) in [7, 11) is -3.19. The van der Waals surface area contributed by atoms with Crippen molar-refractivity contribution in [2.45, 2.75) is 57.3 Å². The van der Waals surface area contributed by atoms with E-state index in [2.05, 4.69) is 15.0 Å². The van der Waals surface area contributed by atoms with Crippen molar-refractivity contribution in [1.82, 2.24) is 10.1 Å². The highest BCUT2D eigenvalue weighted by atomic mass is 32.2. The summed E-state index contributed by atoms with van der Waals surface area (Å²) in [4.78, 5) is 7.05. The van der Waals surface area contributed by atoms with Gasteiger partial charge in [-0.1, -0.05) is 13.8 Å². The molecule has 0 bridgehead atoms. The summed E-state index contributed by atoms with van der Waals surface area (Å²) in [5, 5.41) is 4.11. The molecule has 1 aromatic heterocycles. The Bertz CT molecular complexity index is 916. The van der Waals surface area contributed by atoms with Crippen molar-refractivity contribution in [3.8, 4) is 5.75 Å². The van der Waals surface area contributed by atoms with E-state index in [-0.39, 0.29) is 5.92 Å². The highest BCUT2D eigenvalue weighted by Crippen LogP contribution is 2.26. The lowest BCUT2D eigenvalue weighted by Crippen LogP contribution is -2.34. The number of hydrogen-bond donors (Lipinski definition) is 0. The van der Waals surface area contributed by atoms with Gasteiger partial charge in [-0.2, -0.15) is 4.98 Å². The summed E-state index contributed by atoms with van der Waals surface area (Å²) >= 11 is 0. The monoisotopic (exact) mass is 421 g/mol. The molecule has 1 fully saturated rings. The number of hydrogen-bond acceptors (Lipinski definition) is 7. The minimum absolute atomic E-state index is 0.250. The number of aromatic nitrogens is 2. The van der Waals surface area contributed by atoms with Crippen molar-refractivity contribution in [2.75, 3.05) is 30.9 Å². The first-order valence-corrected chi connectivity index (χ1v) is 12.1. The molecule has 1 aliphatic rings. The highest BCUT2D eigenvalue weighted by molar-refractivity contribution is 7.90. The van der Waals surface area contributed by atoms with Crippen molar-refractivity contribution >= 4 is 15.8 Å². The Balaban J connectivity index is 1.39. The molecule has 160 valence electrons. The topological polar surface area (TPSA) is 85.5 Å². The average Bonchev–Trinajstić information content (AvgIpc) is 3.15. The van der Waals surface area contributed by atoms with Gasteiger partial charge < -0.3 is 14.2 Å². The molecular weight excluding hydrogens is 390 g/mol. The van der Waals surface area contributed by atoms with Crippen LogP contribution in [0, 0.1) is 12.8 Å². The van der Waals surface area contributed by atoms with Gasteiger partial charge >= 0.3 is 0 Å². The van der Waals surface area contributed by atoms with Crippen molar-refractivity contribution < 1.29 is 17.7 Å². The molecule has 8 heteroatoms. The van der Waals surface area contributed by atoms with Crippen LogP contribution in [0.25, 0.3) is 0 Å². The zero-order valence-corrected chi connectivity index (χ0v) is 18.5. The van der Waals surface area contributed by atoms with E-state index < -0.39 is 9.84 Å². The van der Waals surface area contributed by atoms with Crippen LogP contribution in [0.15, 0.2) is 27.6 Å². The Morgan fingerprint density at radius 1 is 1.28 bits per heavy atom. The molecule has 2 heterocycles. The number of nitrogens with zero attached hydrogens (tertiary/aromatic N) is 3. The second-order valence-corrected chi connectivity index (χ2v) is 10.2. The van der Waals surface area contributed by atoms with E-state index >= 15 is 0 Å². The Morgan fingerprint density at radius 3 is 2.59 bits per heavy atom. The number of rotatable bonds is 8. The van der Waals surface area contributed by atoms with E-state index in [1.165, 1.54) is 6.26 Å². The second-order valence-electron chi connectivity index (χ2n) is 8.21. The Morgan fingerprint density at radius 2 is 2.00 bits per heavy atom. The first kappa shape index (κ1) is 21.6. The van der Waals surface area contributed by atoms with Crippen molar-refractivity contribution in [1.29, 1.82) is 0 Å². The summed E-state index contributed by atoms with van der Waals surface area (Å²) in [6, 6.07) is 5.15. The third-order valence-corrected chi connectivity index (χ3v) is 6.65. The van der Waals surface area contributed by atoms with Crippen LogP contribution in [-0.2, 0) is 9.84 Å². The lowest BCUT2D eigenvalue weighted by molar-refractivity contribution is 0.278. The molecule has 0 aliphatic carbocycles. The summed E-state index contributed by atoms with van der Waals surface area (Å²) < 4.78 is 34.5. The highest BCUT2D eigenvalue weighted by Gasteiger charge is 2.23. The molecule has 7 nitrogen and oxygen atoms in total. The number of sulfone groups is 1. The largest absolute Gasteiger partial charge is 0.494 e. The number of ether oxygens (including phenoxy) is 1. The number of benzene rings is 1. The molecule has 0 radical (unpaired) electrons. The molecule has 0 atom stereocenters. The maximum atomic E-state index is 11.7. The van der Waals surface area contributed by atoms with Crippen LogP contribution < -0.4 is 9.64 Å². The molecule has 0 unspecified atom stereocenters. The number of anilines is 1. The predicted octanol–water partition coefficient (Wildman–Crippen LogP) is 3.98. The van der Waals surface area contributed by atoms with Crippen molar-refractivity contribution in [3.63, 3.8) is 0 Å². The Hall–Kier alpha value is -2.09. The van der Waals surface area contributed by atoms with Crippen molar-refractivity contribution in [2.24, 2.45) is 5.92 Å². The molecule has 1 aromatic carbocycles. The minimum atomic E-state index is -3.19. The minimum Gasteiger partial charge on any atom is -0.494 e. The quantitative estimate of drug-likeness (QED) is 0.596. The van der Waals surface area contributed by atoms with Gasteiger partial charge in [-0.25, -0.2) is 8.42 Å². The average molecular weight is 422 g/mol. The molecule has 1 aliphatic heterocycles. The van der Waals surface area contributed by atoms with Gasteiger partial charge in [0.15, 0.2) is 9.84 Å². The van der Waals surface area contributed by atoms with Crippen LogP contribution >= 0.6 is 0 Å². The van der Waals surface area contributed by atoms with Gasteiger partial charge in [0.1, 0.15) is 5.75 Å². The smallest absolute Gasteiger partial charge is 0.266 e. The fraction of sp³-hybridized carbons (Fsp3) is 0.619. The van der Waals surface area contributed by atoms with E-state index in [1.54, 1.807) is 25.1 Å². The standard InChI is InChI=1S/C21H31N3O4S/c1-15(2)20-22-21(23-28-20)24-11-9-17(10-12-24)6-5-13-27-18-7-8-19(16(3)14-18)29(4,25)26/h7-8,14-15,17H,5-6,9-13H2,1-4H3. The predicted molar refractivity (Wildman–Crippen MR) is 112 cm³/mol. The first-order chi connectivity index (χ1) is 13.7.